The summed E-state index contributed by atoms with van der Waals surface area (Å²) >= 11 is 0. The van der Waals surface area contributed by atoms with Crippen LogP contribution in [0.5, 0.6) is 5.75 Å². The third-order valence-corrected chi connectivity index (χ3v) is 4.48. The highest BCUT2D eigenvalue weighted by atomic mass is 16.7. The van der Waals surface area contributed by atoms with Gasteiger partial charge >= 0.3 is 11.9 Å². The zero-order valence-electron chi connectivity index (χ0n) is 16.9. The molecule has 1 unspecified atom stereocenters. The predicted molar refractivity (Wildman–Crippen MR) is 105 cm³/mol. The van der Waals surface area contributed by atoms with Crippen LogP contribution in [0.1, 0.15) is 18.4 Å². The van der Waals surface area contributed by atoms with E-state index in [1.54, 1.807) is 37.3 Å². The minimum atomic E-state index is -1.18. The molecule has 1 aliphatic heterocycles. The van der Waals surface area contributed by atoms with Gasteiger partial charge in [0, 0.05) is 25.5 Å². The summed E-state index contributed by atoms with van der Waals surface area (Å²) in [7, 11) is 4.06. The fourth-order valence-corrected chi connectivity index (χ4v) is 3.30. The van der Waals surface area contributed by atoms with Gasteiger partial charge in [-0.25, -0.2) is 9.59 Å². The highest BCUT2D eigenvalue weighted by Gasteiger charge is 2.41. The molecule has 0 fully saturated rings. The second-order valence-electron chi connectivity index (χ2n) is 6.16. The number of rotatable bonds is 9. The molecule has 0 saturated carbocycles. The van der Waals surface area contributed by atoms with Gasteiger partial charge in [0.2, 0.25) is 0 Å². The number of carbonyl (C=O) groups excluding carboxylic acids is 1. The number of carboxylic acids is 1. The molecule has 2 rings (SSSR count). The van der Waals surface area contributed by atoms with Crippen LogP contribution >= 0.6 is 0 Å². The van der Waals surface area contributed by atoms with E-state index < -0.39 is 24.1 Å². The number of allylic oxidation sites excluding steroid dienone is 1. The molecule has 29 heavy (non-hydrogen) atoms. The first kappa shape index (κ1) is 22.2. The Bertz CT molecular complexity index is 852. The van der Waals surface area contributed by atoms with Crippen LogP contribution in [0.25, 0.3) is 0 Å². The molecule has 0 saturated heterocycles. The van der Waals surface area contributed by atoms with Crippen molar-refractivity contribution in [2.45, 2.75) is 19.1 Å². The van der Waals surface area contributed by atoms with E-state index in [0.29, 0.717) is 17.0 Å². The Kier molecular flexibility index (Phi) is 7.58. The highest BCUT2D eigenvalue weighted by molar-refractivity contribution is 5.99. The summed E-state index contributed by atoms with van der Waals surface area (Å²) in [6.45, 7) is 5.46. The molecule has 0 aromatic heterocycles. The van der Waals surface area contributed by atoms with Gasteiger partial charge in [-0.05, 0) is 13.0 Å². The maximum absolute atomic E-state index is 12.8. The lowest BCUT2D eigenvalue weighted by molar-refractivity contribution is -0.137. The van der Waals surface area contributed by atoms with Crippen LogP contribution in [-0.4, -0.2) is 51.3 Å². The number of para-hydroxylation sites is 1. The average Bonchev–Trinajstić information content (AvgIpc) is 2.72. The third kappa shape index (κ3) is 4.49. The maximum atomic E-state index is 12.8. The summed E-state index contributed by atoms with van der Waals surface area (Å²) in [5, 5.41) is 12.9. The van der Waals surface area contributed by atoms with Crippen molar-refractivity contribution >= 4 is 11.9 Å². The number of hydrogen-bond acceptors (Lipinski definition) is 7. The molecule has 0 amide bonds. The van der Waals surface area contributed by atoms with Gasteiger partial charge in [0.1, 0.15) is 12.4 Å². The van der Waals surface area contributed by atoms with Crippen molar-refractivity contribution in [1.82, 2.24) is 5.32 Å². The smallest absolute Gasteiger partial charge is 0.336 e. The van der Waals surface area contributed by atoms with E-state index in [0.717, 1.165) is 0 Å². The van der Waals surface area contributed by atoms with Gasteiger partial charge in [0.25, 0.3) is 0 Å². The van der Waals surface area contributed by atoms with Gasteiger partial charge in [-0.15, -0.1) is 0 Å². The largest absolute Gasteiger partial charge is 0.489 e. The lowest BCUT2D eigenvalue weighted by atomic mass is 9.79. The van der Waals surface area contributed by atoms with Crippen LogP contribution < -0.4 is 10.1 Å². The fraction of sp³-hybridized carbons (Fsp3) is 0.333. The molecule has 8 nitrogen and oxygen atoms in total. The second-order valence-corrected chi connectivity index (χ2v) is 6.16. The number of hydrogen-bond donors (Lipinski definition) is 2. The normalized spacial score (nSPS) is 16.5. The summed E-state index contributed by atoms with van der Waals surface area (Å²) in [5.74, 6) is -2.42. The van der Waals surface area contributed by atoms with Gasteiger partial charge in [0.05, 0.1) is 29.9 Å². The van der Waals surface area contributed by atoms with Crippen molar-refractivity contribution in [3.63, 3.8) is 0 Å². The molecule has 1 heterocycles. The first-order chi connectivity index (χ1) is 13.9. The van der Waals surface area contributed by atoms with E-state index in [9.17, 15) is 14.7 Å². The van der Waals surface area contributed by atoms with Gasteiger partial charge < -0.3 is 29.4 Å². The maximum Gasteiger partial charge on any atom is 0.336 e. The van der Waals surface area contributed by atoms with E-state index >= 15 is 0 Å². The molecule has 0 spiro atoms. The number of benzene rings is 1. The Hall–Kier alpha value is -3.10. The van der Waals surface area contributed by atoms with Crippen LogP contribution in [-0.2, 0) is 23.8 Å². The average molecular weight is 403 g/mol. The monoisotopic (exact) mass is 403 g/mol. The zero-order chi connectivity index (χ0) is 21.6. The molecule has 1 aromatic carbocycles. The summed E-state index contributed by atoms with van der Waals surface area (Å²) in [4.78, 5) is 24.9. The molecule has 156 valence electrons. The Morgan fingerprint density at radius 2 is 1.86 bits per heavy atom. The number of aliphatic carboxylic acids is 1. The summed E-state index contributed by atoms with van der Waals surface area (Å²) < 4.78 is 21.3. The lowest BCUT2D eigenvalue weighted by Crippen LogP contribution is -2.38. The molecular formula is C21H25NO7. The second kappa shape index (κ2) is 9.90. The molecule has 0 aliphatic carbocycles. The Morgan fingerprint density at radius 3 is 2.41 bits per heavy atom. The van der Waals surface area contributed by atoms with E-state index in [4.69, 9.17) is 18.9 Å². The van der Waals surface area contributed by atoms with Crippen molar-refractivity contribution in [2.75, 3.05) is 27.9 Å². The number of carbonyl (C=O) groups is 2. The lowest BCUT2D eigenvalue weighted by Gasteiger charge is -2.33. The first-order valence-electron chi connectivity index (χ1n) is 8.82. The van der Waals surface area contributed by atoms with E-state index in [1.807, 2.05) is 0 Å². The first-order valence-corrected chi connectivity index (χ1v) is 8.82. The molecule has 0 bridgehead atoms. The molecule has 2 N–H and O–H groups in total. The van der Waals surface area contributed by atoms with Crippen LogP contribution in [0, 0.1) is 0 Å². The standard InChI is InChI=1S/C21H25NO7/c1-6-11-29-14-10-8-7-9-13(14)16-15(19(23)24)12(2)22-18(21(27-4)28-5)17(16)20(25)26-3/h6-10,16,21-22H,1,11H2,2-5H3,(H,23,24). The van der Waals surface area contributed by atoms with Crippen molar-refractivity contribution in [1.29, 1.82) is 0 Å². The predicted octanol–water partition coefficient (Wildman–Crippen LogP) is 2.34. The van der Waals surface area contributed by atoms with Gasteiger partial charge in [-0.1, -0.05) is 30.9 Å². The zero-order valence-corrected chi connectivity index (χ0v) is 16.9. The van der Waals surface area contributed by atoms with Crippen molar-refractivity contribution < 1.29 is 33.6 Å². The van der Waals surface area contributed by atoms with Crippen molar-refractivity contribution in [3.8, 4) is 5.75 Å². The van der Waals surface area contributed by atoms with Gasteiger partial charge in [-0.2, -0.15) is 0 Å². The van der Waals surface area contributed by atoms with E-state index in [-0.39, 0.29) is 23.5 Å². The summed E-state index contributed by atoms with van der Waals surface area (Å²) in [6.07, 6.45) is 0.644. The molecule has 1 atom stereocenters. The van der Waals surface area contributed by atoms with Crippen LogP contribution in [0.4, 0.5) is 0 Å². The molecule has 1 aliphatic rings. The molecular weight excluding hydrogens is 378 g/mol. The van der Waals surface area contributed by atoms with Crippen molar-refractivity contribution in [3.05, 3.63) is 65.0 Å². The van der Waals surface area contributed by atoms with Crippen LogP contribution in [0.3, 0.4) is 0 Å². The number of ether oxygens (including phenoxy) is 4. The number of nitrogens with one attached hydrogen (secondary N) is 1. The number of esters is 1. The molecule has 8 heteroatoms. The minimum Gasteiger partial charge on any atom is -0.489 e. The SMILES string of the molecule is C=CCOc1ccccc1C1C(C(=O)O)=C(C)NC(C(OC)OC)=C1C(=O)OC. The topological polar surface area (TPSA) is 103 Å². The van der Waals surface area contributed by atoms with E-state index in [1.165, 1.54) is 21.3 Å². The van der Waals surface area contributed by atoms with Gasteiger partial charge in [-0.3, -0.25) is 0 Å². The summed E-state index contributed by atoms with van der Waals surface area (Å²) in [6, 6.07) is 6.91. The Balaban J connectivity index is 2.82. The highest BCUT2D eigenvalue weighted by Crippen LogP contribution is 2.43. The van der Waals surface area contributed by atoms with E-state index in [2.05, 4.69) is 11.9 Å². The van der Waals surface area contributed by atoms with Crippen LogP contribution in [0.2, 0.25) is 0 Å². The number of dihydropyridines is 1. The van der Waals surface area contributed by atoms with Crippen molar-refractivity contribution in [2.24, 2.45) is 0 Å². The molecule has 1 aromatic rings. The third-order valence-electron chi connectivity index (χ3n) is 4.48. The Labute approximate surface area is 169 Å². The number of methoxy groups -OCH3 is 3. The fourth-order valence-electron chi connectivity index (χ4n) is 3.30. The minimum absolute atomic E-state index is 0.00485. The molecule has 0 radical (unpaired) electrons. The quantitative estimate of drug-likeness (QED) is 0.368. The Morgan fingerprint density at radius 1 is 1.21 bits per heavy atom. The number of carboxylic acid groups (broad SMARTS) is 1. The van der Waals surface area contributed by atoms with Gasteiger partial charge in [0.15, 0.2) is 6.29 Å². The summed E-state index contributed by atoms with van der Waals surface area (Å²) in [5.41, 5.74) is 1.18. The van der Waals surface area contributed by atoms with Crippen LogP contribution in [0.15, 0.2) is 59.5 Å².